The molecule has 0 aromatic carbocycles. The van der Waals surface area contributed by atoms with E-state index in [2.05, 4.69) is 45.5 Å². The smallest absolute Gasteiger partial charge is 0.0938 e. The van der Waals surface area contributed by atoms with Crippen molar-refractivity contribution in [3.8, 4) is 0 Å². The number of nitrogens with zero attached hydrogens (tertiary/aromatic N) is 1. The lowest BCUT2D eigenvalue weighted by Crippen LogP contribution is -2.07. The van der Waals surface area contributed by atoms with E-state index >= 15 is 0 Å². The van der Waals surface area contributed by atoms with Crippen LogP contribution in [0.2, 0.25) is 0 Å². The minimum atomic E-state index is 0.852. The zero-order valence-corrected chi connectivity index (χ0v) is 9.72. The summed E-state index contributed by atoms with van der Waals surface area (Å²) in [5, 5.41) is 1.36. The van der Waals surface area contributed by atoms with Crippen molar-refractivity contribution in [2.24, 2.45) is 0 Å². The number of anilines is 1. The van der Waals surface area contributed by atoms with Gasteiger partial charge in [-0.05, 0) is 25.0 Å². The molecule has 1 nitrogen and oxygen atoms in total. The first-order chi connectivity index (χ1) is 5.57. The number of hydrogen-bond acceptors (Lipinski definition) is 3. The van der Waals surface area contributed by atoms with Gasteiger partial charge in [0, 0.05) is 24.7 Å². The zero-order chi connectivity index (χ0) is 9.30. The highest BCUT2D eigenvalue weighted by Gasteiger charge is 2.10. The first-order valence-electron chi connectivity index (χ1n) is 3.95. The van der Waals surface area contributed by atoms with E-state index in [0.29, 0.717) is 0 Å². The van der Waals surface area contributed by atoms with Crippen molar-refractivity contribution in [2.45, 2.75) is 19.6 Å². The Kier molecular flexibility index (Phi) is 3.07. The van der Waals surface area contributed by atoms with Crippen molar-refractivity contribution < 1.29 is 0 Å². The van der Waals surface area contributed by atoms with E-state index < -0.39 is 0 Å². The molecule has 0 aliphatic carbocycles. The van der Waals surface area contributed by atoms with Crippen LogP contribution in [-0.4, -0.2) is 14.1 Å². The SMILES string of the molecule is Cc1c(CS)sc(N(C)C)c1C. The molecule has 0 aliphatic heterocycles. The molecular formula is C9H15NS2. The van der Waals surface area contributed by atoms with Gasteiger partial charge >= 0.3 is 0 Å². The van der Waals surface area contributed by atoms with Gasteiger partial charge in [0.15, 0.2) is 0 Å². The highest BCUT2D eigenvalue weighted by atomic mass is 32.1. The summed E-state index contributed by atoms with van der Waals surface area (Å²) >= 11 is 6.14. The standard InChI is InChI=1S/C9H15NS2/c1-6-7(2)9(10(3)4)12-8(6)5-11/h11H,5H2,1-4H3. The summed E-state index contributed by atoms with van der Waals surface area (Å²) in [4.78, 5) is 3.56. The van der Waals surface area contributed by atoms with E-state index in [-0.39, 0.29) is 0 Å². The molecule has 0 spiro atoms. The second-order valence-corrected chi connectivity index (χ2v) is 4.53. The third-order valence-electron chi connectivity index (χ3n) is 2.07. The molecular weight excluding hydrogens is 186 g/mol. The van der Waals surface area contributed by atoms with Gasteiger partial charge < -0.3 is 4.90 Å². The summed E-state index contributed by atoms with van der Waals surface area (Å²) in [5.74, 6) is 0.852. The third-order valence-corrected chi connectivity index (χ3v) is 4.16. The Hall–Kier alpha value is -0.150. The second-order valence-electron chi connectivity index (χ2n) is 3.13. The Balaban J connectivity index is 3.16. The minimum absolute atomic E-state index is 0.852. The van der Waals surface area contributed by atoms with Crippen LogP contribution in [-0.2, 0) is 5.75 Å². The fraction of sp³-hybridized carbons (Fsp3) is 0.556. The van der Waals surface area contributed by atoms with E-state index in [1.165, 1.54) is 21.0 Å². The predicted octanol–water partition coefficient (Wildman–Crippen LogP) is 2.86. The average molecular weight is 201 g/mol. The molecule has 1 aromatic heterocycles. The molecule has 0 N–H and O–H groups in total. The number of thiol groups is 1. The Morgan fingerprint density at radius 2 is 1.83 bits per heavy atom. The normalized spacial score (nSPS) is 10.4. The molecule has 12 heavy (non-hydrogen) atoms. The lowest BCUT2D eigenvalue weighted by atomic mass is 10.2. The minimum Gasteiger partial charge on any atom is -0.369 e. The van der Waals surface area contributed by atoms with Gasteiger partial charge in [-0.3, -0.25) is 0 Å². The summed E-state index contributed by atoms with van der Waals surface area (Å²) < 4.78 is 0. The summed E-state index contributed by atoms with van der Waals surface area (Å²) in [6.45, 7) is 4.35. The number of rotatable bonds is 2. The lowest BCUT2D eigenvalue weighted by Gasteiger charge is -2.10. The summed E-state index contributed by atoms with van der Waals surface area (Å²) in [6, 6.07) is 0. The Labute approximate surface area is 83.8 Å². The fourth-order valence-corrected chi connectivity index (χ4v) is 2.74. The molecule has 0 atom stereocenters. The lowest BCUT2D eigenvalue weighted by molar-refractivity contribution is 1.14. The van der Waals surface area contributed by atoms with Crippen LogP contribution in [0, 0.1) is 13.8 Å². The summed E-state index contributed by atoms with van der Waals surface area (Å²) in [7, 11) is 4.17. The van der Waals surface area contributed by atoms with Crippen LogP contribution in [0.3, 0.4) is 0 Å². The predicted molar refractivity (Wildman–Crippen MR) is 60.8 cm³/mol. The molecule has 0 saturated heterocycles. The highest BCUT2D eigenvalue weighted by Crippen LogP contribution is 2.34. The van der Waals surface area contributed by atoms with Crippen molar-refractivity contribution in [3.05, 3.63) is 16.0 Å². The molecule has 0 amide bonds. The Morgan fingerprint density at radius 1 is 1.25 bits per heavy atom. The van der Waals surface area contributed by atoms with Crippen LogP contribution in [0.15, 0.2) is 0 Å². The maximum Gasteiger partial charge on any atom is 0.0938 e. The second kappa shape index (κ2) is 3.71. The third kappa shape index (κ3) is 1.62. The van der Waals surface area contributed by atoms with Gasteiger partial charge in [0.05, 0.1) is 5.00 Å². The Bertz CT molecular complexity index is 276. The van der Waals surface area contributed by atoms with Crippen LogP contribution >= 0.6 is 24.0 Å². The quantitative estimate of drug-likeness (QED) is 0.720. The molecule has 3 heteroatoms. The number of thiophene rings is 1. The van der Waals surface area contributed by atoms with E-state index in [1.807, 2.05) is 11.3 Å². The van der Waals surface area contributed by atoms with Gasteiger partial charge in [-0.1, -0.05) is 0 Å². The van der Waals surface area contributed by atoms with Crippen molar-refractivity contribution in [1.82, 2.24) is 0 Å². The average Bonchev–Trinajstić information content (AvgIpc) is 2.30. The van der Waals surface area contributed by atoms with E-state index in [9.17, 15) is 0 Å². The molecule has 0 radical (unpaired) electrons. The van der Waals surface area contributed by atoms with Crippen LogP contribution in [0.5, 0.6) is 0 Å². The van der Waals surface area contributed by atoms with Gasteiger partial charge in [0.2, 0.25) is 0 Å². The fourth-order valence-electron chi connectivity index (χ4n) is 1.22. The molecule has 0 saturated carbocycles. The van der Waals surface area contributed by atoms with Gasteiger partial charge in [0.1, 0.15) is 0 Å². The van der Waals surface area contributed by atoms with Gasteiger partial charge in [-0.15, -0.1) is 11.3 Å². The van der Waals surface area contributed by atoms with Crippen molar-refractivity contribution >= 4 is 29.0 Å². The van der Waals surface area contributed by atoms with Crippen LogP contribution in [0.25, 0.3) is 0 Å². The first-order valence-corrected chi connectivity index (χ1v) is 5.40. The molecule has 0 aliphatic rings. The molecule has 0 fully saturated rings. The van der Waals surface area contributed by atoms with Crippen molar-refractivity contribution in [1.29, 1.82) is 0 Å². The van der Waals surface area contributed by atoms with E-state index in [0.717, 1.165) is 5.75 Å². The number of hydrogen-bond donors (Lipinski definition) is 1. The Morgan fingerprint density at radius 3 is 2.08 bits per heavy atom. The monoisotopic (exact) mass is 201 g/mol. The van der Waals surface area contributed by atoms with Crippen LogP contribution in [0.4, 0.5) is 5.00 Å². The van der Waals surface area contributed by atoms with Crippen molar-refractivity contribution in [2.75, 3.05) is 19.0 Å². The first kappa shape index (κ1) is 9.93. The largest absolute Gasteiger partial charge is 0.369 e. The van der Waals surface area contributed by atoms with Gasteiger partial charge in [-0.25, -0.2) is 0 Å². The molecule has 1 heterocycles. The van der Waals surface area contributed by atoms with E-state index in [1.54, 1.807) is 0 Å². The molecule has 1 rings (SSSR count). The van der Waals surface area contributed by atoms with Crippen molar-refractivity contribution in [3.63, 3.8) is 0 Å². The molecule has 1 aromatic rings. The summed E-state index contributed by atoms with van der Waals surface area (Å²) in [6.07, 6.45) is 0. The zero-order valence-electron chi connectivity index (χ0n) is 8.01. The van der Waals surface area contributed by atoms with Crippen LogP contribution in [0.1, 0.15) is 16.0 Å². The van der Waals surface area contributed by atoms with Gasteiger partial charge in [-0.2, -0.15) is 12.6 Å². The topological polar surface area (TPSA) is 3.24 Å². The van der Waals surface area contributed by atoms with Gasteiger partial charge in [0.25, 0.3) is 0 Å². The summed E-state index contributed by atoms with van der Waals surface area (Å²) in [5.41, 5.74) is 2.80. The molecule has 68 valence electrons. The maximum absolute atomic E-state index is 4.30. The molecule has 0 unspecified atom stereocenters. The molecule has 0 bridgehead atoms. The van der Waals surface area contributed by atoms with E-state index in [4.69, 9.17) is 0 Å². The maximum atomic E-state index is 4.30. The van der Waals surface area contributed by atoms with Crippen LogP contribution < -0.4 is 4.90 Å². The highest BCUT2D eigenvalue weighted by molar-refractivity contribution is 7.79.